The Hall–Kier alpha value is -0.410. The lowest BCUT2D eigenvalue weighted by molar-refractivity contribution is 0.355. The van der Waals surface area contributed by atoms with Gasteiger partial charge in [-0.2, -0.15) is 0 Å². The van der Waals surface area contributed by atoms with Gasteiger partial charge in [-0.25, -0.2) is 4.98 Å². The van der Waals surface area contributed by atoms with Crippen molar-refractivity contribution in [3.63, 3.8) is 0 Å². The Morgan fingerprint density at radius 3 is 3.07 bits per heavy atom. The van der Waals surface area contributed by atoms with Crippen molar-refractivity contribution < 1.29 is 0 Å². The van der Waals surface area contributed by atoms with Crippen LogP contribution in [0.1, 0.15) is 31.7 Å². The van der Waals surface area contributed by atoms with Crippen LogP contribution in [0.25, 0.3) is 0 Å². The molecule has 84 valence electrons. The second-order valence-electron chi connectivity index (χ2n) is 4.49. The maximum Gasteiger partial charge on any atom is 0.0927 e. The first-order chi connectivity index (χ1) is 7.31. The second-order valence-corrected chi connectivity index (χ2v) is 5.47. The molecule has 0 saturated heterocycles. The predicted octanol–water partition coefficient (Wildman–Crippen LogP) is 2.71. The normalized spacial score (nSPS) is 30.9. The van der Waals surface area contributed by atoms with Crippen LogP contribution in [0.2, 0.25) is 0 Å². The van der Waals surface area contributed by atoms with E-state index >= 15 is 0 Å². The van der Waals surface area contributed by atoms with Gasteiger partial charge in [0.15, 0.2) is 0 Å². The fourth-order valence-corrected chi connectivity index (χ4v) is 3.37. The Morgan fingerprint density at radius 2 is 2.40 bits per heavy atom. The molecule has 1 aliphatic carbocycles. The third-order valence-corrected chi connectivity index (χ3v) is 4.42. The molecular weight excluding hydrogens is 204 g/mol. The summed E-state index contributed by atoms with van der Waals surface area (Å²) in [5.74, 6) is 1.63. The van der Waals surface area contributed by atoms with Gasteiger partial charge in [0.1, 0.15) is 0 Å². The van der Waals surface area contributed by atoms with Crippen LogP contribution in [-0.4, -0.2) is 17.6 Å². The van der Waals surface area contributed by atoms with Crippen LogP contribution >= 0.6 is 11.3 Å². The third kappa shape index (κ3) is 2.58. The quantitative estimate of drug-likeness (QED) is 0.850. The van der Waals surface area contributed by atoms with Gasteiger partial charge in [-0.1, -0.05) is 13.8 Å². The lowest BCUT2D eigenvalue weighted by atomic mass is 9.93. The van der Waals surface area contributed by atoms with Crippen molar-refractivity contribution in [3.8, 4) is 0 Å². The highest BCUT2D eigenvalue weighted by Crippen LogP contribution is 2.34. The number of hydrogen-bond acceptors (Lipinski definition) is 3. The fraction of sp³-hybridized carbons (Fsp3) is 0.750. The van der Waals surface area contributed by atoms with Gasteiger partial charge in [-0.15, -0.1) is 11.3 Å². The zero-order valence-electron chi connectivity index (χ0n) is 9.57. The minimum absolute atomic E-state index is 0.736. The number of rotatable bonds is 4. The van der Waals surface area contributed by atoms with Gasteiger partial charge in [-0.3, -0.25) is 0 Å². The molecule has 0 bridgehead atoms. The molecule has 0 amide bonds. The predicted molar refractivity (Wildman–Crippen MR) is 65.2 cm³/mol. The number of nitrogens with zero attached hydrogens (tertiary/aromatic N) is 1. The molecule has 0 aliphatic heterocycles. The first kappa shape index (κ1) is 11.1. The van der Waals surface area contributed by atoms with Gasteiger partial charge >= 0.3 is 0 Å². The molecular formula is C12H20N2S. The maximum absolute atomic E-state index is 4.38. The Labute approximate surface area is 96.1 Å². The van der Waals surface area contributed by atoms with Crippen LogP contribution in [0.5, 0.6) is 0 Å². The molecule has 15 heavy (non-hydrogen) atoms. The first-order valence-corrected chi connectivity index (χ1v) is 6.81. The Kier molecular flexibility index (Phi) is 3.76. The molecule has 0 spiro atoms. The molecule has 1 aromatic rings. The van der Waals surface area contributed by atoms with Gasteiger partial charge in [0.05, 0.1) is 5.01 Å². The lowest BCUT2D eigenvalue weighted by Gasteiger charge is -2.20. The van der Waals surface area contributed by atoms with Crippen molar-refractivity contribution in [2.75, 3.05) is 6.54 Å². The average Bonchev–Trinajstić information content (AvgIpc) is 2.83. The van der Waals surface area contributed by atoms with Gasteiger partial charge in [0.2, 0.25) is 0 Å². The van der Waals surface area contributed by atoms with Crippen molar-refractivity contribution in [2.45, 2.75) is 39.2 Å². The largest absolute Gasteiger partial charge is 0.314 e. The molecule has 1 aromatic heterocycles. The number of thiazole rings is 1. The van der Waals surface area contributed by atoms with E-state index in [9.17, 15) is 0 Å². The first-order valence-electron chi connectivity index (χ1n) is 5.93. The topological polar surface area (TPSA) is 24.9 Å². The Bertz CT molecular complexity index is 284. The van der Waals surface area contributed by atoms with Gasteiger partial charge in [0.25, 0.3) is 0 Å². The highest BCUT2D eigenvalue weighted by molar-refractivity contribution is 7.09. The summed E-state index contributed by atoms with van der Waals surface area (Å²) in [5.41, 5.74) is 0. The van der Waals surface area contributed by atoms with Gasteiger partial charge in [-0.05, 0) is 31.2 Å². The molecule has 2 nitrogen and oxygen atoms in total. The van der Waals surface area contributed by atoms with Crippen LogP contribution in [0.15, 0.2) is 11.6 Å². The number of nitrogens with one attached hydrogen (secondary N) is 1. The van der Waals surface area contributed by atoms with Gasteiger partial charge < -0.3 is 5.32 Å². The smallest absolute Gasteiger partial charge is 0.0927 e. The molecule has 1 aliphatic rings. The summed E-state index contributed by atoms with van der Waals surface area (Å²) < 4.78 is 0. The van der Waals surface area contributed by atoms with E-state index in [-0.39, 0.29) is 0 Å². The molecule has 1 saturated carbocycles. The average molecular weight is 224 g/mol. The van der Waals surface area contributed by atoms with Crippen LogP contribution in [0, 0.1) is 11.8 Å². The maximum atomic E-state index is 4.38. The Balaban J connectivity index is 1.89. The summed E-state index contributed by atoms with van der Waals surface area (Å²) in [5, 5.41) is 6.98. The van der Waals surface area contributed by atoms with E-state index in [1.165, 1.54) is 24.3 Å². The fourth-order valence-electron chi connectivity index (χ4n) is 2.66. The zero-order valence-corrected chi connectivity index (χ0v) is 10.4. The van der Waals surface area contributed by atoms with E-state index in [4.69, 9.17) is 0 Å². The summed E-state index contributed by atoms with van der Waals surface area (Å²) >= 11 is 1.79. The molecule has 3 unspecified atom stereocenters. The summed E-state index contributed by atoms with van der Waals surface area (Å²) in [7, 11) is 0. The highest BCUT2D eigenvalue weighted by atomic mass is 32.1. The Morgan fingerprint density at radius 1 is 1.53 bits per heavy atom. The van der Waals surface area contributed by atoms with Crippen molar-refractivity contribution in [3.05, 3.63) is 16.6 Å². The molecule has 2 rings (SSSR count). The molecule has 3 atom stereocenters. The van der Waals surface area contributed by atoms with E-state index in [1.807, 2.05) is 6.20 Å². The van der Waals surface area contributed by atoms with E-state index in [1.54, 1.807) is 11.3 Å². The summed E-state index contributed by atoms with van der Waals surface area (Å²) in [6, 6.07) is 0.736. The van der Waals surface area contributed by atoms with E-state index < -0.39 is 0 Å². The van der Waals surface area contributed by atoms with Crippen LogP contribution < -0.4 is 5.32 Å². The van der Waals surface area contributed by atoms with Crippen molar-refractivity contribution in [2.24, 2.45) is 11.8 Å². The van der Waals surface area contributed by atoms with E-state index in [0.29, 0.717) is 0 Å². The molecule has 0 radical (unpaired) electrons. The lowest BCUT2D eigenvalue weighted by Crippen LogP contribution is -2.32. The summed E-state index contributed by atoms with van der Waals surface area (Å²) in [4.78, 5) is 4.38. The number of aromatic nitrogens is 1. The SMILES string of the molecule is CCNC1CCC(Cc2nccs2)C1C. The van der Waals surface area contributed by atoms with Crippen molar-refractivity contribution >= 4 is 11.3 Å². The minimum atomic E-state index is 0.736. The van der Waals surface area contributed by atoms with E-state index in [0.717, 1.165) is 24.4 Å². The van der Waals surface area contributed by atoms with Crippen LogP contribution in [0.3, 0.4) is 0 Å². The minimum Gasteiger partial charge on any atom is -0.314 e. The molecule has 1 N–H and O–H groups in total. The van der Waals surface area contributed by atoms with Crippen molar-refractivity contribution in [1.82, 2.24) is 10.3 Å². The monoisotopic (exact) mass is 224 g/mol. The molecule has 1 fully saturated rings. The number of hydrogen-bond donors (Lipinski definition) is 1. The molecule has 1 heterocycles. The van der Waals surface area contributed by atoms with E-state index in [2.05, 4.69) is 29.5 Å². The zero-order chi connectivity index (χ0) is 10.7. The highest BCUT2D eigenvalue weighted by Gasteiger charge is 2.32. The van der Waals surface area contributed by atoms with Crippen LogP contribution in [-0.2, 0) is 6.42 Å². The molecule has 0 aromatic carbocycles. The van der Waals surface area contributed by atoms with Crippen LogP contribution in [0.4, 0.5) is 0 Å². The third-order valence-electron chi connectivity index (χ3n) is 3.61. The summed E-state index contributed by atoms with van der Waals surface area (Å²) in [6.45, 7) is 5.68. The second kappa shape index (κ2) is 5.08. The van der Waals surface area contributed by atoms with Gasteiger partial charge in [0, 0.05) is 24.0 Å². The molecule has 3 heteroatoms. The van der Waals surface area contributed by atoms with Crippen molar-refractivity contribution in [1.29, 1.82) is 0 Å². The summed E-state index contributed by atoms with van der Waals surface area (Å²) in [6.07, 6.45) is 5.80. The standard InChI is InChI=1S/C12H20N2S/c1-3-13-11-5-4-10(9(11)2)8-12-14-6-7-15-12/h6-7,9-11,13H,3-5,8H2,1-2H3.